The van der Waals surface area contributed by atoms with E-state index in [1.807, 2.05) is 45.0 Å². The van der Waals surface area contributed by atoms with E-state index < -0.39 is 11.7 Å². The molecule has 1 fully saturated rings. The number of carbonyl (C=O) groups is 2. The first-order valence-corrected chi connectivity index (χ1v) is 7.32. The maximum Gasteiger partial charge on any atom is 0.410 e. The Hall–Kier alpha value is -1.36. The number of halogens is 1. The van der Waals surface area contributed by atoms with Crippen LogP contribution in [0.4, 0.5) is 4.79 Å². The average Bonchev–Trinajstić information content (AvgIpc) is 2.70. The monoisotopic (exact) mass is 339 g/mol. The third-order valence-electron chi connectivity index (χ3n) is 3.06. The second-order valence-electron chi connectivity index (χ2n) is 5.93. The van der Waals surface area contributed by atoms with Crippen molar-refractivity contribution < 1.29 is 14.3 Å². The quantitative estimate of drug-likeness (QED) is 0.788. The molecule has 108 valence electrons. The molecule has 0 radical (unpaired) electrons. The first-order valence-electron chi connectivity index (χ1n) is 6.52. The van der Waals surface area contributed by atoms with Gasteiger partial charge in [-0.05, 0) is 38.5 Å². The minimum absolute atomic E-state index is 0.0539. The van der Waals surface area contributed by atoms with E-state index in [4.69, 9.17) is 4.74 Å². The Balaban J connectivity index is 2.07. The van der Waals surface area contributed by atoms with E-state index in [-0.39, 0.29) is 18.2 Å². The number of ketones is 1. The third-order valence-corrected chi connectivity index (χ3v) is 3.59. The molecular formula is C15H18BrNO3. The smallest absolute Gasteiger partial charge is 0.410 e. The molecule has 0 aromatic heterocycles. The maximum atomic E-state index is 12.1. The second-order valence-corrected chi connectivity index (χ2v) is 6.85. The molecule has 0 N–H and O–H groups in total. The fraction of sp³-hybridized carbons (Fsp3) is 0.467. The van der Waals surface area contributed by atoms with Gasteiger partial charge in [0.25, 0.3) is 0 Å². The topological polar surface area (TPSA) is 46.6 Å². The molecule has 0 aliphatic carbocycles. The van der Waals surface area contributed by atoms with Gasteiger partial charge in [-0.3, -0.25) is 9.69 Å². The predicted molar refractivity (Wildman–Crippen MR) is 79.7 cm³/mol. The van der Waals surface area contributed by atoms with E-state index in [0.717, 1.165) is 10.0 Å². The van der Waals surface area contributed by atoms with Crippen LogP contribution in [0.15, 0.2) is 28.7 Å². The van der Waals surface area contributed by atoms with Crippen LogP contribution < -0.4 is 0 Å². The van der Waals surface area contributed by atoms with Gasteiger partial charge in [0.2, 0.25) is 0 Å². The second kappa shape index (κ2) is 5.56. The van der Waals surface area contributed by atoms with Gasteiger partial charge < -0.3 is 4.74 Å². The van der Waals surface area contributed by atoms with Crippen molar-refractivity contribution in [2.45, 2.75) is 32.3 Å². The van der Waals surface area contributed by atoms with Crippen molar-refractivity contribution in [3.63, 3.8) is 0 Å². The van der Waals surface area contributed by atoms with E-state index >= 15 is 0 Å². The molecule has 1 atom stereocenters. The minimum atomic E-state index is -0.546. The van der Waals surface area contributed by atoms with Gasteiger partial charge in [-0.1, -0.05) is 28.1 Å². The Bertz CT molecular complexity index is 519. The van der Waals surface area contributed by atoms with Gasteiger partial charge in [-0.2, -0.15) is 0 Å². The predicted octanol–water partition coefficient (Wildman–Crippen LogP) is 3.35. The van der Waals surface area contributed by atoms with E-state index in [1.54, 1.807) is 0 Å². The van der Waals surface area contributed by atoms with Gasteiger partial charge in [-0.15, -0.1) is 0 Å². The highest BCUT2D eigenvalue weighted by Crippen LogP contribution is 2.26. The van der Waals surface area contributed by atoms with E-state index in [9.17, 15) is 9.59 Å². The molecule has 0 saturated carbocycles. The van der Waals surface area contributed by atoms with E-state index in [2.05, 4.69) is 15.9 Å². The molecule has 2 rings (SSSR count). The molecule has 1 aliphatic heterocycles. The lowest BCUT2D eigenvalue weighted by atomic mass is 9.98. The zero-order chi connectivity index (χ0) is 14.9. The van der Waals surface area contributed by atoms with E-state index in [1.165, 1.54) is 4.90 Å². The number of nitrogens with zero attached hydrogens (tertiary/aromatic N) is 1. The van der Waals surface area contributed by atoms with Crippen LogP contribution in [-0.2, 0) is 9.53 Å². The summed E-state index contributed by atoms with van der Waals surface area (Å²) in [7, 11) is 0. The molecule has 20 heavy (non-hydrogen) atoms. The number of amides is 1. The molecule has 1 unspecified atom stereocenters. The summed E-state index contributed by atoms with van der Waals surface area (Å²) in [6, 6.07) is 7.62. The summed E-state index contributed by atoms with van der Waals surface area (Å²) in [6.45, 7) is 5.95. The van der Waals surface area contributed by atoms with Crippen LogP contribution in [0.5, 0.6) is 0 Å². The van der Waals surface area contributed by atoms with Crippen LogP contribution >= 0.6 is 15.9 Å². The van der Waals surface area contributed by atoms with Crippen molar-refractivity contribution in [3.05, 3.63) is 34.3 Å². The highest BCUT2D eigenvalue weighted by atomic mass is 79.9. The Morgan fingerprint density at radius 2 is 1.90 bits per heavy atom. The molecule has 1 aromatic rings. The molecule has 5 heteroatoms. The van der Waals surface area contributed by atoms with Crippen LogP contribution in [0.3, 0.4) is 0 Å². The van der Waals surface area contributed by atoms with Gasteiger partial charge in [0.1, 0.15) is 5.60 Å². The lowest BCUT2D eigenvalue weighted by Gasteiger charge is -2.24. The number of rotatable bonds is 1. The third kappa shape index (κ3) is 3.60. The average molecular weight is 340 g/mol. The zero-order valence-corrected chi connectivity index (χ0v) is 13.4. The SMILES string of the molecule is CC(C)(C)OC(=O)N1CC(=O)C(c2ccc(Br)cc2)C1. The Labute approximate surface area is 127 Å². The molecular weight excluding hydrogens is 322 g/mol. The summed E-state index contributed by atoms with van der Waals surface area (Å²) in [5, 5.41) is 0. The fourth-order valence-corrected chi connectivity index (χ4v) is 2.40. The molecule has 4 nitrogen and oxygen atoms in total. The Morgan fingerprint density at radius 1 is 1.30 bits per heavy atom. The Kier molecular flexibility index (Phi) is 4.18. The first kappa shape index (κ1) is 15.0. The van der Waals surface area contributed by atoms with Gasteiger partial charge in [-0.25, -0.2) is 4.79 Å². The van der Waals surface area contributed by atoms with Gasteiger partial charge in [0.05, 0.1) is 12.5 Å². The standard InChI is InChI=1S/C15H18BrNO3/c1-15(2,3)20-14(19)17-8-12(13(18)9-17)10-4-6-11(16)7-5-10/h4-7,12H,8-9H2,1-3H3. The van der Waals surface area contributed by atoms with Crippen LogP contribution in [-0.4, -0.2) is 35.5 Å². The summed E-state index contributed by atoms with van der Waals surface area (Å²) in [4.78, 5) is 25.5. The number of likely N-dealkylation sites (tertiary alicyclic amines) is 1. The van der Waals surface area contributed by atoms with Gasteiger partial charge in [0.15, 0.2) is 5.78 Å². The summed E-state index contributed by atoms with van der Waals surface area (Å²) in [5.74, 6) is -0.200. The Morgan fingerprint density at radius 3 is 2.45 bits per heavy atom. The highest BCUT2D eigenvalue weighted by molar-refractivity contribution is 9.10. The zero-order valence-electron chi connectivity index (χ0n) is 11.9. The molecule has 1 amide bonds. The first-order chi connectivity index (χ1) is 9.26. The number of hydrogen-bond donors (Lipinski definition) is 0. The fourth-order valence-electron chi connectivity index (χ4n) is 2.14. The van der Waals surface area contributed by atoms with Crippen molar-refractivity contribution in [2.24, 2.45) is 0 Å². The number of Topliss-reactive ketones (excluding diaryl/α,β-unsaturated/α-hetero) is 1. The molecule has 1 saturated heterocycles. The van der Waals surface area contributed by atoms with Crippen LogP contribution in [0.25, 0.3) is 0 Å². The van der Waals surface area contributed by atoms with E-state index in [0.29, 0.717) is 6.54 Å². The summed E-state index contributed by atoms with van der Waals surface area (Å²) in [5.41, 5.74) is 0.389. The van der Waals surface area contributed by atoms with Crippen molar-refractivity contribution in [3.8, 4) is 0 Å². The van der Waals surface area contributed by atoms with Crippen molar-refractivity contribution in [2.75, 3.05) is 13.1 Å². The van der Waals surface area contributed by atoms with Gasteiger partial charge >= 0.3 is 6.09 Å². The summed E-state index contributed by atoms with van der Waals surface area (Å²) >= 11 is 3.37. The summed E-state index contributed by atoms with van der Waals surface area (Å²) in [6.07, 6.45) is -0.425. The number of carbonyl (C=O) groups excluding carboxylic acids is 2. The number of hydrogen-bond acceptors (Lipinski definition) is 3. The van der Waals surface area contributed by atoms with Crippen LogP contribution in [0, 0.1) is 0 Å². The number of ether oxygens (including phenoxy) is 1. The molecule has 1 aromatic carbocycles. The summed E-state index contributed by atoms with van der Waals surface area (Å²) < 4.78 is 6.27. The minimum Gasteiger partial charge on any atom is -0.444 e. The largest absolute Gasteiger partial charge is 0.444 e. The van der Waals surface area contributed by atoms with Gasteiger partial charge in [0, 0.05) is 11.0 Å². The highest BCUT2D eigenvalue weighted by Gasteiger charge is 2.36. The van der Waals surface area contributed by atoms with Crippen LogP contribution in [0.2, 0.25) is 0 Å². The lowest BCUT2D eigenvalue weighted by molar-refractivity contribution is -0.118. The van der Waals surface area contributed by atoms with Crippen molar-refractivity contribution in [1.29, 1.82) is 0 Å². The number of benzene rings is 1. The maximum absolute atomic E-state index is 12.1. The molecule has 1 aliphatic rings. The van der Waals surface area contributed by atoms with Crippen LogP contribution in [0.1, 0.15) is 32.3 Å². The normalized spacial score (nSPS) is 19.3. The molecule has 0 spiro atoms. The van der Waals surface area contributed by atoms with Crippen molar-refractivity contribution >= 4 is 27.8 Å². The van der Waals surface area contributed by atoms with Crippen molar-refractivity contribution in [1.82, 2.24) is 4.90 Å². The molecule has 0 bridgehead atoms. The molecule has 1 heterocycles. The lowest BCUT2D eigenvalue weighted by Crippen LogP contribution is -2.35.